The van der Waals surface area contributed by atoms with Crippen LogP contribution in [0.4, 0.5) is 0 Å². The van der Waals surface area contributed by atoms with Gasteiger partial charge in [0, 0.05) is 15.6 Å². The van der Waals surface area contributed by atoms with Gasteiger partial charge < -0.3 is 14.2 Å². The number of ether oxygens (including phenoxy) is 3. The first-order valence-electron chi connectivity index (χ1n) is 8.97. The molecule has 4 nitrogen and oxygen atoms in total. The molecule has 0 saturated heterocycles. The Kier molecular flexibility index (Phi) is 5.35. The molecule has 1 aliphatic heterocycles. The van der Waals surface area contributed by atoms with Crippen molar-refractivity contribution in [2.45, 2.75) is 18.6 Å². The number of rotatable bonds is 5. The van der Waals surface area contributed by atoms with E-state index in [4.69, 9.17) is 14.2 Å². The van der Waals surface area contributed by atoms with E-state index in [9.17, 15) is 4.79 Å². The summed E-state index contributed by atoms with van der Waals surface area (Å²) >= 11 is 3.52. The molecule has 0 amide bonds. The fourth-order valence-corrected chi connectivity index (χ4v) is 3.82. The molecule has 1 aliphatic rings. The molecule has 0 aliphatic carbocycles. The molecule has 1 heterocycles. The molecule has 4 rings (SSSR count). The average Bonchev–Trinajstić information content (AvgIpc) is 3.12. The van der Waals surface area contributed by atoms with Crippen LogP contribution in [0.3, 0.4) is 0 Å². The number of halogens is 1. The van der Waals surface area contributed by atoms with Crippen molar-refractivity contribution in [3.63, 3.8) is 0 Å². The van der Waals surface area contributed by atoms with Crippen LogP contribution in [0.5, 0.6) is 11.5 Å². The minimum absolute atomic E-state index is 0.330. The van der Waals surface area contributed by atoms with Gasteiger partial charge in [0.05, 0.1) is 7.11 Å². The van der Waals surface area contributed by atoms with Gasteiger partial charge in [-0.25, -0.2) is 0 Å². The van der Waals surface area contributed by atoms with Gasteiger partial charge in [-0.3, -0.25) is 4.79 Å². The summed E-state index contributed by atoms with van der Waals surface area (Å²) in [5.41, 5.74) is 2.70. The van der Waals surface area contributed by atoms with E-state index in [1.54, 1.807) is 0 Å². The van der Waals surface area contributed by atoms with Crippen molar-refractivity contribution in [1.82, 2.24) is 0 Å². The highest BCUT2D eigenvalue weighted by Crippen LogP contribution is 2.49. The molecule has 0 aromatic heterocycles. The van der Waals surface area contributed by atoms with Crippen molar-refractivity contribution in [2.24, 2.45) is 0 Å². The van der Waals surface area contributed by atoms with E-state index in [1.807, 2.05) is 72.8 Å². The number of hydrogen-bond donors (Lipinski definition) is 0. The lowest BCUT2D eigenvalue weighted by molar-refractivity contribution is -0.144. The minimum atomic E-state index is -0.547. The van der Waals surface area contributed by atoms with Crippen LogP contribution in [-0.4, -0.2) is 13.1 Å². The van der Waals surface area contributed by atoms with E-state index in [0.29, 0.717) is 18.1 Å². The Morgan fingerprint density at radius 3 is 2.54 bits per heavy atom. The Hall–Kier alpha value is -2.79. The molecule has 0 radical (unpaired) electrons. The first kappa shape index (κ1) is 18.6. The molecule has 3 aromatic carbocycles. The summed E-state index contributed by atoms with van der Waals surface area (Å²) in [6.45, 7) is 0.429. The van der Waals surface area contributed by atoms with Gasteiger partial charge in [0.1, 0.15) is 30.1 Å². The first-order valence-corrected chi connectivity index (χ1v) is 9.76. The van der Waals surface area contributed by atoms with Crippen LogP contribution in [0.15, 0.2) is 77.3 Å². The summed E-state index contributed by atoms with van der Waals surface area (Å²) in [4.78, 5) is 12.6. The van der Waals surface area contributed by atoms with Crippen LogP contribution in [0, 0.1) is 0 Å². The summed E-state index contributed by atoms with van der Waals surface area (Å²) in [6, 6.07) is 23.3. The van der Waals surface area contributed by atoms with Crippen molar-refractivity contribution < 1.29 is 19.0 Å². The molecule has 28 heavy (non-hydrogen) atoms. The second-order valence-corrected chi connectivity index (χ2v) is 7.45. The van der Waals surface area contributed by atoms with E-state index in [0.717, 1.165) is 21.2 Å². The zero-order chi connectivity index (χ0) is 19.5. The zero-order valence-corrected chi connectivity index (χ0v) is 16.9. The molecule has 2 unspecified atom stereocenters. The monoisotopic (exact) mass is 438 g/mol. The summed E-state index contributed by atoms with van der Waals surface area (Å²) in [5, 5.41) is 0. The van der Waals surface area contributed by atoms with Gasteiger partial charge >= 0.3 is 5.97 Å². The lowest BCUT2D eigenvalue weighted by Crippen LogP contribution is -2.20. The molecule has 0 bridgehead atoms. The molecule has 0 fully saturated rings. The highest BCUT2D eigenvalue weighted by Gasteiger charge is 2.42. The van der Waals surface area contributed by atoms with Crippen LogP contribution in [-0.2, 0) is 16.1 Å². The highest BCUT2D eigenvalue weighted by atomic mass is 79.9. The Balaban J connectivity index is 1.69. The van der Waals surface area contributed by atoms with Crippen LogP contribution >= 0.6 is 15.9 Å². The van der Waals surface area contributed by atoms with E-state index < -0.39 is 12.0 Å². The fraction of sp³-hybridized carbons (Fsp3) is 0.174. The number of carbonyl (C=O) groups excluding carboxylic acids is 1. The van der Waals surface area contributed by atoms with Crippen molar-refractivity contribution in [3.05, 3.63) is 94.0 Å². The maximum Gasteiger partial charge on any atom is 0.317 e. The van der Waals surface area contributed by atoms with Crippen molar-refractivity contribution >= 4 is 21.9 Å². The highest BCUT2D eigenvalue weighted by molar-refractivity contribution is 9.10. The maximum absolute atomic E-state index is 12.6. The number of para-hydroxylation sites is 1. The van der Waals surface area contributed by atoms with E-state index in [2.05, 4.69) is 15.9 Å². The largest absolute Gasteiger partial charge is 0.488 e. The third kappa shape index (κ3) is 3.62. The second kappa shape index (κ2) is 8.07. The molecule has 0 spiro atoms. The molecule has 5 heteroatoms. The topological polar surface area (TPSA) is 44.8 Å². The Morgan fingerprint density at radius 1 is 1.00 bits per heavy atom. The number of carbonyl (C=O) groups is 1. The van der Waals surface area contributed by atoms with Crippen LogP contribution in [0.2, 0.25) is 0 Å². The predicted octanol–water partition coefficient (Wildman–Crippen LogP) is 5.42. The van der Waals surface area contributed by atoms with Crippen LogP contribution in [0.25, 0.3) is 0 Å². The van der Waals surface area contributed by atoms with Gasteiger partial charge in [0.2, 0.25) is 0 Å². The fourth-order valence-electron chi connectivity index (χ4n) is 3.44. The quantitative estimate of drug-likeness (QED) is 0.499. The van der Waals surface area contributed by atoms with Gasteiger partial charge in [-0.05, 0) is 29.8 Å². The normalized spacial score (nSPS) is 17.5. The number of methoxy groups -OCH3 is 1. The zero-order valence-electron chi connectivity index (χ0n) is 15.3. The van der Waals surface area contributed by atoms with Crippen molar-refractivity contribution in [1.29, 1.82) is 0 Å². The number of benzene rings is 3. The number of fused-ring (bicyclic) bond motifs is 1. The maximum atomic E-state index is 12.6. The van der Waals surface area contributed by atoms with Crippen LogP contribution < -0.4 is 9.47 Å². The molecule has 3 aromatic rings. The van der Waals surface area contributed by atoms with Crippen molar-refractivity contribution in [2.75, 3.05) is 7.11 Å². The summed E-state index contributed by atoms with van der Waals surface area (Å²) in [6.07, 6.45) is -0.520. The summed E-state index contributed by atoms with van der Waals surface area (Å²) in [7, 11) is 1.40. The third-order valence-corrected chi connectivity index (χ3v) is 5.27. The van der Waals surface area contributed by atoms with Crippen molar-refractivity contribution in [3.8, 4) is 11.5 Å². The smallest absolute Gasteiger partial charge is 0.317 e. The minimum Gasteiger partial charge on any atom is -0.488 e. The standard InChI is InChI=1S/C23H19BrO4/c1-26-23(25)21-17-9-5-6-10-20(17)28-22(21)18-13-16(24)11-12-19(18)27-14-15-7-3-2-4-8-15/h2-13,21-22H,14H2,1H3. The number of esters is 1. The SMILES string of the molecule is COC(=O)C1c2ccccc2OC1c1cc(Br)ccc1OCc1ccccc1. The van der Waals surface area contributed by atoms with Gasteiger partial charge in [0.15, 0.2) is 0 Å². The van der Waals surface area contributed by atoms with Gasteiger partial charge in [0.25, 0.3) is 0 Å². The molecule has 142 valence electrons. The Labute approximate surface area is 172 Å². The van der Waals surface area contributed by atoms with Gasteiger partial charge in [-0.1, -0.05) is 64.5 Å². The molecule has 2 atom stereocenters. The second-order valence-electron chi connectivity index (χ2n) is 6.53. The van der Waals surface area contributed by atoms with E-state index in [1.165, 1.54) is 7.11 Å². The number of hydrogen-bond acceptors (Lipinski definition) is 4. The third-order valence-electron chi connectivity index (χ3n) is 4.78. The van der Waals surface area contributed by atoms with Crippen LogP contribution in [0.1, 0.15) is 28.7 Å². The average molecular weight is 439 g/mol. The lowest BCUT2D eigenvalue weighted by Gasteiger charge is -2.21. The summed E-state index contributed by atoms with van der Waals surface area (Å²) in [5.74, 6) is 0.495. The Morgan fingerprint density at radius 2 is 1.75 bits per heavy atom. The van der Waals surface area contributed by atoms with E-state index >= 15 is 0 Å². The molecular weight excluding hydrogens is 420 g/mol. The first-order chi connectivity index (χ1) is 13.7. The molecule has 0 saturated carbocycles. The van der Waals surface area contributed by atoms with E-state index in [-0.39, 0.29) is 5.97 Å². The lowest BCUT2D eigenvalue weighted by atomic mass is 9.90. The molecule has 0 N–H and O–H groups in total. The van der Waals surface area contributed by atoms with Gasteiger partial charge in [-0.2, -0.15) is 0 Å². The molecular formula is C23H19BrO4. The summed E-state index contributed by atoms with van der Waals surface area (Å²) < 4.78 is 18.2. The predicted molar refractivity (Wildman–Crippen MR) is 109 cm³/mol. The van der Waals surface area contributed by atoms with Gasteiger partial charge in [-0.15, -0.1) is 0 Å². The Bertz CT molecular complexity index is 987.